The number of alkyl halides is 3. The average molecular weight is 382 g/mol. The molecule has 27 heavy (non-hydrogen) atoms. The molecule has 2 aromatic rings. The molecule has 0 radical (unpaired) electrons. The van der Waals surface area contributed by atoms with E-state index in [-0.39, 0.29) is 30.1 Å². The van der Waals surface area contributed by atoms with Crippen LogP contribution in [0.2, 0.25) is 0 Å². The fourth-order valence-electron chi connectivity index (χ4n) is 3.11. The quantitative estimate of drug-likeness (QED) is 0.877. The third kappa shape index (κ3) is 3.41. The van der Waals surface area contributed by atoms with Crippen LogP contribution in [0.15, 0.2) is 28.8 Å². The molecule has 0 spiro atoms. The van der Waals surface area contributed by atoms with E-state index in [1.165, 1.54) is 24.0 Å². The minimum absolute atomic E-state index is 0.0399. The third-order valence-electron chi connectivity index (χ3n) is 4.84. The molecule has 0 saturated carbocycles. The Labute approximate surface area is 152 Å². The van der Waals surface area contributed by atoms with Crippen molar-refractivity contribution >= 4 is 11.9 Å². The molecule has 144 valence electrons. The van der Waals surface area contributed by atoms with E-state index in [4.69, 9.17) is 4.52 Å². The summed E-state index contributed by atoms with van der Waals surface area (Å²) in [5.41, 5.74) is -1.27. The van der Waals surface area contributed by atoms with Gasteiger partial charge >= 0.3 is 12.1 Å². The number of halogens is 3. The Kier molecular flexibility index (Phi) is 4.49. The molecule has 1 aromatic carbocycles. The van der Waals surface area contributed by atoms with Crippen molar-refractivity contribution in [2.45, 2.75) is 26.4 Å². The molecule has 1 atom stereocenters. The Morgan fingerprint density at radius 2 is 1.89 bits per heavy atom. The maximum atomic E-state index is 12.9. The fraction of sp³-hybridized carbons (Fsp3) is 0.389. The van der Waals surface area contributed by atoms with Crippen LogP contribution in [0.3, 0.4) is 0 Å². The number of aromatic nitrogens is 1. The van der Waals surface area contributed by atoms with Crippen LogP contribution < -0.4 is 0 Å². The normalized spacial score (nSPS) is 20.1. The van der Waals surface area contributed by atoms with Crippen molar-refractivity contribution in [2.75, 3.05) is 13.1 Å². The fourth-order valence-corrected chi connectivity index (χ4v) is 3.11. The smallest absolute Gasteiger partial charge is 0.416 e. The van der Waals surface area contributed by atoms with Crippen LogP contribution in [0.5, 0.6) is 0 Å². The summed E-state index contributed by atoms with van der Waals surface area (Å²) in [7, 11) is 0. The predicted octanol–water partition coefficient (Wildman–Crippen LogP) is 3.61. The van der Waals surface area contributed by atoms with Gasteiger partial charge < -0.3 is 14.5 Å². The van der Waals surface area contributed by atoms with E-state index in [0.717, 1.165) is 12.1 Å². The number of benzene rings is 1. The van der Waals surface area contributed by atoms with Gasteiger partial charge in [0.2, 0.25) is 0 Å². The van der Waals surface area contributed by atoms with E-state index < -0.39 is 29.0 Å². The minimum atomic E-state index is -4.46. The first-order chi connectivity index (χ1) is 12.5. The molecule has 1 aromatic heterocycles. The second-order valence-corrected chi connectivity index (χ2v) is 6.88. The summed E-state index contributed by atoms with van der Waals surface area (Å²) in [6.45, 7) is 3.40. The zero-order valence-electron chi connectivity index (χ0n) is 14.6. The summed E-state index contributed by atoms with van der Waals surface area (Å²) in [6.07, 6.45) is -4.15. The molecule has 0 aliphatic carbocycles. The highest BCUT2D eigenvalue weighted by molar-refractivity contribution is 6.01. The first-order valence-corrected chi connectivity index (χ1v) is 8.19. The highest BCUT2D eigenvalue weighted by atomic mass is 19.4. The second-order valence-electron chi connectivity index (χ2n) is 6.88. The molecule has 3 rings (SSSR count). The van der Waals surface area contributed by atoms with E-state index in [0.29, 0.717) is 12.0 Å². The number of carbonyl (C=O) groups is 2. The number of carboxylic acids is 1. The van der Waals surface area contributed by atoms with E-state index in [1.807, 2.05) is 0 Å². The van der Waals surface area contributed by atoms with Crippen molar-refractivity contribution in [1.29, 1.82) is 0 Å². The van der Waals surface area contributed by atoms with Crippen molar-refractivity contribution < 1.29 is 32.4 Å². The van der Waals surface area contributed by atoms with Crippen molar-refractivity contribution in [3.8, 4) is 11.3 Å². The highest BCUT2D eigenvalue weighted by Gasteiger charge is 2.43. The highest BCUT2D eigenvalue weighted by Crippen LogP contribution is 2.35. The van der Waals surface area contributed by atoms with Gasteiger partial charge in [0, 0.05) is 18.7 Å². The summed E-state index contributed by atoms with van der Waals surface area (Å²) < 4.78 is 43.3. The Bertz CT molecular complexity index is 889. The van der Waals surface area contributed by atoms with Gasteiger partial charge in [-0.1, -0.05) is 17.3 Å². The number of hydrogen-bond acceptors (Lipinski definition) is 4. The van der Waals surface area contributed by atoms with E-state index in [2.05, 4.69) is 5.16 Å². The molecule has 1 fully saturated rings. The number of nitrogens with zero attached hydrogens (tertiary/aromatic N) is 2. The Hall–Kier alpha value is -2.84. The standard InChI is InChI=1S/C18H17F3N2O4/c1-10-13(15(24)23-8-7-17(2,9-23)16(25)26)14(22-27-10)11-3-5-12(6-4-11)18(19,20)21/h3-6H,7-9H2,1-2H3,(H,25,26). The lowest BCUT2D eigenvalue weighted by atomic mass is 9.90. The molecule has 2 heterocycles. The first kappa shape index (κ1) is 18.9. The van der Waals surface area contributed by atoms with Crippen LogP contribution in [0, 0.1) is 12.3 Å². The van der Waals surface area contributed by atoms with Crippen LogP contribution >= 0.6 is 0 Å². The lowest BCUT2D eigenvalue weighted by molar-refractivity contribution is -0.147. The lowest BCUT2D eigenvalue weighted by Gasteiger charge is -2.20. The van der Waals surface area contributed by atoms with Gasteiger partial charge in [0.05, 0.1) is 11.0 Å². The molecule has 1 aliphatic heterocycles. The summed E-state index contributed by atoms with van der Waals surface area (Å²) in [4.78, 5) is 25.7. The number of carbonyl (C=O) groups excluding carboxylic acids is 1. The first-order valence-electron chi connectivity index (χ1n) is 8.19. The molecule has 1 amide bonds. The van der Waals surface area contributed by atoms with Crippen LogP contribution in [0.25, 0.3) is 11.3 Å². The van der Waals surface area contributed by atoms with Crippen LogP contribution in [-0.4, -0.2) is 40.1 Å². The van der Waals surface area contributed by atoms with Gasteiger partial charge in [0.1, 0.15) is 17.0 Å². The SMILES string of the molecule is Cc1onc(-c2ccc(C(F)(F)F)cc2)c1C(=O)N1CCC(C)(C(=O)O)C1. The van der Waals surface area contributed by atoms with Gasteiger partial charge in [0.25, 0.3) is 5.91 Å². The van der Waals surface area contributed by atoms with Crippen molar-refractivity contribution in [3.63, 3.8) is 0 Å². The number of likely N-dealkylation sites (tertiary alicyclic amines) is 1. The largest absolute Gasteiger partial charge is 0.481 e. The van der Waals surface area contributed by atoms with E-state index in [1.54, 1.807) is 6.92 Å². The molecule has 0 bridgehead atoms. The van der Waals surface area contributed by atoms with Crippen LogP contribution in [0.4, 0.5) is 13.2 Å². The maximum absolute atomic E-state index is 12.9. The second kappa shape index (κ2) is 6.40. The number of hydrogen-bond donors (Lipinski definition) is 1. The molecule has 1 N–H and O–H groups in total. The number of rotatable bonds is 3. The van der Waals surface area contributed by atoms with Gasteiger partial charge in [-0.3, -0.25) is 9.59 Å². The number of aryl methyl sites for hydroxylation is 1. The lowest BCUT2D eigenvalue weighted by Crippen LogP contribution is -2.35. The number of carboxylic acid groups (broad SMARTS) is 1. The van der Waals surface area contributed by atoms with Gasteiger partial charge in [-0.05, 0) is 32.4 Å². The molecule has 1 saturated heterocycles. The van der Waals surface area contributed by atoms with Crippen molar-refractivity contribution in [2.24, 2.45) is 5.41 Å². The van der Waals surface area contributed by atoms with Crippen LogP contribution in [0.1, 0.15) is 35.0 Å². The monoisotopic (exact) mass is 382 g/mol. The number of aliphatic carboxylic acids is 1. The minimum Gasteiger partial charge on any atom is -0.481 e. The molecule has 1 unspecified atom stereocenters. The maximum Gasteiger partial charge on any atom is 0.416 e. The average Bonchev–Trinajstić information content (AvgIpc) is 3.18. The zero-order chi connectivity index (χ0) is 20.0. The van der Waals surface area contributed by atoms with Crippen molar-refractivity contribution in [3.05, 3.63) is 41.2 Å². The Morgan fingerprint density at radius 1 is 1.26 bits per heavy atom. The molecule has 1 aliphatic rings. The summed E-state index contributed by atoms with van der Waals surface area (Å²) in [6, 6.07) is 4.26. The van der Waals surface area contributed by atoms with E-state index >= 15 is 0 Å². The Morgan fingerprint density at radius 3 is 2.41 bits per heavy atom. The van der Waals surface area contributed by atoms with Crippen molar-refractivity contribution in [1.82, 2.24) is 10.1 Å². The topological polar surface area (TPSA) is 83.6 Å². The predicted molar refractivity (Wildman–Crippen MR) is 87.9 cm³/mol. The van der Waals surface area contributed by atoms with Gasteiger partial charge in [-0.2, -0.15) is 13.2 Å². The summed E-state index contributed by atoms with van der Waals surface area (Å²) in [5.74, 6) is -1.21. The van der Waals surface area contributed by atoms with Gasteiger partial charge in [-0.25, -0.2) is 0 Å². The zero-order valence-corrected chi connectivity index (χ0v) is 14.6. The third-order valence-corrected chi connectivity index (χ3v) is 4.84. The van der Waals surface area contributed by atoms with Crippen LogP contribution in [-0.2, 0) is 11.0 Å². The molecular formula is C18H17F3N2O4. The molecular weight excluding hydrogens is 365 g/mol. The van der Waals surface area contributed by atoms with Gasteiger partial charge in [-0.15, -0.1) is 0 Å². The number of amides is 1. The molecule has 6 nitrogen and oxygen atoms in total. The summed E-state index contributed by atoms with van der Waals surface area (Å²) in [5, 5.41) is 13.1. The Balaban J connectivity index is 1.92. The summed E-state index contributed by atoms with van der Waals surface area (Å²) >= 11 is 0. The molecule has 9 heteroatoms. The van der Waals surface area contributed by atoms with E-state index in [9.17, 15) is 27.9 Å². The van der Waals surface area contributed by atoms with Gasteiger partial charge in [0.15, 0.2) is 0 Å².